The number of sulfonamides is 1. The van der Waals surface area contributed by atoms with Crippen LogP contribution in [0.2, 0.25) is 0 Å². The smallest absolute Gasteiger partial charge is 0.333 e. The van der Waals surface area contributed by atoms with Crippen LogP contribution < -0.4 is 14.9 Å². The number of anilines is 1. The van der Waals surface area contributed by atoms with Gasteiger partial charge in [0, 0.05) is 25.1 Å². The molecule has 0 unspecified atom stereocenters. The van der Waals surface area contributed by atoms with Gasteiger partial charge in [-0.2, -0.15) is 4.98 Å². The van der Waals surface area contributed by atoms with Crippen LogP contribution in [0.5, 0.6) is 0 Å². The largest absolute Gasteiger partial charge is 0.467 e. The van der Waals surface area contributed by atoms with Crippen molar-refractivity contribution in [2.75, 3.05) is 31.3 Å². The molecule has 248 valence electrons. The van der Waals surface area contributed by atoms with E-state index in [0.717, 1.165) is 30.2 Å². The standard InChI is InChI=1S/C35H40N4O7S/c1-21-13-15-25(16-14-21)30-28(33(41)36-3)27-20-26(23-17-18-23)31(38-34(27)46-30)39(47(5,43)44)19-9-10-22(2)32(40)37-29(35(42)45-4)24-11-7-6-8-12-24/h6-8,11-16,20,22-23,29H,9-10,17-19H2,1-5H3,(H,36,41)(H,37,40)/t22-,29-/m1/s1. The highest BCUT2D eigenvalue weighted by molar-refractivity contribution is 7.92. The van der Waals surface area contributed by atoms with Crippen LogP contribution in [-0.4, -0.2) is 58.1 Å². The molecule has 0 bridgehead atoms. The molecular formula is C35H40N4O7S. The minimum atomic E-state index is -3.80. The highest BCUT2D eigenvalue weighted by Gasteiger charge is 2.34. The number of fused-ring (bicyclic) bond motifs is 1. The Morgan fingerprint density at radius 2 is 1.77 bits per heavy atom. The molecule has 1 fully saturated rings. The molecule has 2 atom stereocenters. The lowest BCUT2D eigenvalue weighted by Crippen LogP contribution is -2.38. The van der Waals surface area contributed by atoms with E-state index >= 15 is 0 Å². The lowest BCUT2D eigenvalue weighted by atomic mass is 10.0. The fraction of sp³-hybridized carbons (Fsp3) is 0.371. The van der Waals surface area contributed by atoms with Crippen LogP contribution in [0, 0.1) is 12.8 Å². The van der Waals surface area contributed by atoms with Crippen molar-refractivity contribution in [2.45, 2.75) is 51.5 Å². The minimum absolute atomic E-state index is 0.0711. The molecule has 5 rings (SSSR count). The molecule has 2 N–H and O–H groups in total. The van der Waals surface area contributed by atoms with Crippen molar-refractivity contribution in [2.24, 2.45) is 5.92 Å². The molecule has 4 aromatic rings. The fourth-order valence-corrected chi connectivity index (χ4v) is 6.53. The third-order valence-electron chi connectivity index (χ3n) is 8.41. The van der Waals surface area contributed by atoms with Gasteiger partial charge in [-0.3, -0.25) is 13.9 Å². The van der Waals surface area contributed by atoms with E-state index in [2.05, 4.69) is 10.6 Å². The number of esters is 1. The number of ether oxygens (including phenoxy) is 1. The SMILES string of the molecule is CNC(=O)c1c(-c2ccc(C)cc2)oc2nc(N(CCC[C@@H](C)C(=O)N[C@@H](C(=O)OC)c3ccccc3)S(C)(=O)=O)c(C3CC3)cc12. The van der Waals surface area contributed by atoms with Crippen LogP contribution in [0.25, 0.3) is 22.4 Å². The maximum Gasteiger partial charge on any atom is 0.333 e. The average molecular weight is 661 g/mol. The molecule has 0 radical (unpaired) electrons. The van der Waals surface area contributed by atoms with Crippen LogP contribution in [0.3, 0.4) is 0 Å². The van der Waals surface area contributed by atoms with Gasteiger partial charge in [0.2, 0.25) is 21.6 Å². The number of methoxy groups -OCH3 is 1. The first kappa shape index (κ1) is 33.6. The molecule has 1 aliphatic rings. The molecule has 1 aliphatic carbocycles. The summed E-state index contributed by atoms with van der Waals surface area (Å²) in [5.41, 5.74) is 3.60. The maximum absolute atomic E-state index is 13.2. The Morgan fingerprint density at radius 3 is 2.36 bits per heavy atom. The molecule has 2 amide bonds. The molecule has 12 heteroatoms. The number of furan rings is 1. The van der Waals surface area contributed by atoms with E-state index in [0.29, 0.717) is 40.7 Å². The van der Waals surface area contributed by atoms with Gasteiger partial charge in [0.1, 0.15) is 11.6 Å². The third-order valence-corrected chi connectivity index (χ3v) is 9.57. The monoisotopic (exact) mass is 660 g/mol. The summed E-state index contributed by atoms with van der Waals surface area (Å²) in [7, 11) is -0.982. The number of hydrogen-bond donors (Lipinski definition) is 2. The number of pyridine rings is 1. The first-order chi connectivity index (χ1) is 22.4. The first-order valence-corrected chi connectivity index (χ1v) is 17.4. The second-order valence-corrected chi connectivity index (χ2v) is 13.9. The second-order valence-electron chi connectivity index (χ2n) is 12.0. The summed E-state index contributed by atoms with van der Waals surface area (Å²) < 4.78 is 38.8. The Kier molecular flexibility index (Phi) is 9.99. The Morgan fingerprint density at radius 1 is 1.09 bits per heavy atom. The summed E-state index contributed by atoms with van der Waals surface area (Å²) in [6.07, 6.45) is 3.56. The molecule has 47 heavy (non-hydrogen) atoms. The second kappa shape index (κ2) is 14.0. The molecule has 0 saturated heterocycles. The lowest BCUT2D eigenvalue weighted by Gasteiger charge is -2.25. The molecular weight excluding hydrogens is 620 g/mol. The number of benzene rings is 2. The third kappa shape index (κ3) is 7.48. The Balaban J connectivity index is 1.42. The van der Waals surface area contributed by atoms with Crippen molar-refractivity contribution >= 4 is 44.7 Å². The number of aryl methyl sites for hydroxylation is 1. The Bertz CT molecular complexity index is 1880. The Hall–Kier alpha value is -4.71. The molecule has 1 saturated carbocycles. The zero-order valence-corrected chi connectivity index (χ0v) is 28.0. The van der Waals surface area contributed by atoms with E-state index in [4.69, 9.17) is 14.1 Å². The van der Waals surface area contributed by atoms with Crippen molar-refractivity contribution in [1.29, 1.82) is 0 Å². The van der Waals surface area contributed by atoms with Gasteiger partial charge < -0.3 is 19.8 Å². The van der Waals surface area contributed by atoms with E-state index in [1.54, 1.807) is 38.2 Å². The predicted molar refractivity (Wildman–Crippen MR) is 179 cm³/mol. The van der Waals surface area contributed by atoms with E-state index in [1.807, 2.05) is 43.3 Å². The van der Waals surface area contributed by atoms with Crippen molar-refractivity contribution in [1.82, 2.24) is 15.6 Å². The van der Waals surface area contributed by atoms with Gasteiger partial charge in [-0.05, 0) is 55.7 Å². The fourth-order valence-electron chi connectivity index (χ4n) is 5.61. The molecule has 2 heterocycles. The Labute approximate surface area is 274 Å². The highest BCUT2D eigenvalue weighted by Crippen LogP contribution is 2.46. The first-order valence-electron chi connectivity index (χ1n) is 15.6. The topological polar surface area (TPSA) is 148 Å². The van der Waals surface area contributed by atoms with Crippen LogP contribution in [0.4, 0.5) is 5.82 Å². The quantitative estimate of drug-likeness (QED) is 0.185. The van der Waals surface area contributed by atoms with Crippen LogP contribution in [-0.2, 0) is 24.3 Å². The number of nitrogens with one attached hydrogen (secondary N) is 2. The summed E-state index contributed by atoms with van der Waals surface area (Å²) >= 11 is 0. The molecule has 11 nitrogen and oxygen atoms in total. The van der Waals surface area contributed by atoms with Crippen molar-refractivity contribution in [3.8, 4) is 11.3 Å². The summed E-state index contributed by atoms with van der Waals surface area (Å²) in [6.45, 7) is 3.77. The number of nitrogens with zero attached hydrogens (tertiary/aromatic N) is 2. The number of carbonyl (C=O) groups excluding carboxylic acids is 3. The van der Waals surface area contributed by atoms with Crippen molar-refractivity contribution in [3.05, 3.63) is 82.9 Å². The maximum atomic E-state index is 13.2. The van der Waals surface area contributed by atoms with Gasteiger partial charge in [-0.25, -0.2) is 13.2 Å². The number of carbonyl (C=O) groups is 3. The van der Waals surface area contributed by atoms with Gasteiger partial charge in [-0.15, -0.1) is 0 Å². The minimum Gasteiger partial charge on any atom is -0.467 e. The molecule has 2 aromatic heterocycles. The lowest BCUT2D eigenvalue weighted by molar-refractivity contribution is -0.145. The number of hydrogen-bond acceptors (Lipinski definition) is 8. The van der Waals surface area contributed by atoms with Gasteiger partial charge in [0.05, 0.1) is 24.3 Å². The van der Waals surface area contributed by atoms with Crippen molar-refractivity contribution in [3.63, 3.8) is 0 Å². The number of rotatable bonds is 13. The number of aromatic nitrogens is 1. The van der Waals surface area contributed by atoms with E-state index < -0.39 is 28.0 Å². The van der Waals surface area contributed by atoms with E-state index in [9.17, 15) is 22.8 Å². The molecule has 0 spiro atoms. The summed E-state index contributed by atoms with van der Waals surface area (Å²) in [5.74, 6) is -1.07. The van der Waals surface area contributed by atoms with Gasteiger partial charge in [0.15, 0.2) is 6.04 Å². The summed E-state index contributed by atoms with van der Waals surface area (Å²) in [4.78, 5) is 43.5. The van der Waals surface area contributed by atoms with E-state index in [1.165, 1.54) is 11.4 Å². The predicted octanol–water partition coefficient (Wildman–Crippen LogP) is 5.25. The summed E-state index contributed by atoms with van der Waals surface area (Å²) in [6, 6.07) is 17.3. The van der Waals surface area contributed by atoms with Gasteiger partial charge in [0.25, 0.3) is 5.91 Å². The van der Waals surface area contributed by atoms with Gasteiger partial charge in [-0.1, -0.05) is 67.1 Å². The normalized spacial score (nSPS) is 14.3. The average Bonchev–Trinajstić information content (AvgIpc) is 3.84. The van der Waals surface area contributed by atoms with E-state index in [-0.39, 0.29) is 35.8 Å². The highest BCUT2D eigenvalue weighted by atomic mass is 32.2. The van der Waals surface area contributed by atoms with Crippen LogP contribution in [0.1, 0.15) is 71.6 Å². The number of amides is 2. The molecule has 0 aliphatic heterocycles. The molecule has 2 aromatic carbocycles. The zero-order valence-electron chi connectivity index (χ0n) is 27.2. The van der Waals surface area contributed by atoms with Crippen molar-refractivity contribution < 1.29 is 32.0 Å². The van der Waals surface area contributed by atoms with Crippen LogP contribution in [0.15, 0.2) is 65.1 Å². The zero-order chi connectivity index (χ0) is 33.9. The summed E-state index contributed by atoms with van der Waals surface area (Å²) in [5, 5.41) is 5.98. The van der Waals surface area contributed by atoms with Crippen LogP contribution >= 0.6 is 0 Å². The van der Waals surface area contributed by atoms with Gasteiger partial charge >= 0.3 is 5.97 Å².